The van der Waals surface area contributed by atoms with Crippen LogP contribution in [0.3, 0.4) is 0 Å². The molecule has 1 heterocycles. The molecule has 0 aliphatic heterocycles. The largest absolute Gasteiger partial charge is 0.455 e. The molecule has 0 saturated carbocycles. The summed E-state index contributed by atoms with van der Waals surface area (Å²) >= 11 is 0. The minimum absolute atomic E-state index is 0.830. The first-order chi connectivity index (χ1) is 28.8. The molecule has 0 atom stereocenters. The lowest BCUT2D eigenvalue weighted by atomic mass is 9.83. The van der Waals surface area contributed by atoms with Gasteiger partial charge in [0.1, 0.15) is 11.2 Å². The van der Waals surface area contributed by atoms with Crippen molar-refractivity contribution in [3.05, 3.63) is 217 Å². The van der Waals surface area contributed by atoms with Gasteiger partial charge in [-0.1, -0.05) is 194 Å². The van der Waals surface area contributed by atoms with Crippen molar-refractivity contribution in [1.29, 1.82) is 0 Å². The average Bonchev–Trinajstić information content (AvgIpc) is 3.67. The van der Waals surface area contributed by atoms with Crippen LogP contribution in [0.5, 0.6) is 0 Å². The Hall–Kier alpha value is -7.48. The summed E-state index contributed by atoms with van der Waals surface area (Å²) in [4.78, 5) is 0. The van der Waals surface area contributed by atoms with E-state index in [1.807, 2.05) is 0 Å². The molecule has 1 heteroatoms. The van der Waals surface area contributed by atoms with Crippen LogP contribution >= 0.6 is 0 Å². The number of hydrogen-bond donors (Lipinski definition) is 0. The van der Waals surface area contributed by atoms with E-state index in [2.05, 4.69) is 206 Å². The highest BCUT2D eigenvalue weighted by molar-refractivity contribution is 6.23. The summed E-state index contributed by atoms with van der Waals surface area (Å²) in [5.74, 6) is 0. The minimum atomic E-state index is 0.830. The van der Waals surface area contributed by atoms with Crippen LogP contribution in [-0.4, -0.2) is 0 Å². The Balaban J connectivity index is 1.06. The number of rotatable bonds is 5. The molecule has 12 rings (SSSR count). The highest BCUT2D eigenvalue weighted by atomic mass is 16.3. The van der Waals surface area contributed by atoms with Crippen LogP contribution in [0.15, 0.2) is 211 Å². The van der Waals surface area contributed by atoms with Gasteiger partial charge in [0.05, 0.1) is 0 Å². The summed E-state index contributed by atoms with van der Waals surface area (Å²) < 4.78 is 6.74. The van der Waals surface area contributed by atoms with Crippen LogP contribution in [-0.2, 0) is 6.42 Å². The van der Waals surface area contributed by atoms with E-state index < -0.39 is 0 Å². The van der Waals surface area contributed by atoms with Crippen molar-refractivity contribution in [3.63, 3.8) is 0 Å². The summed E-state index contributed by atoms with van der Waals surface area (Å²) in [7, 11) is 0. The van der Waals surface area contributed by atoms with Gasteiger partial charge in [-0.25, -0.2) is 0 Å². The monoisotopic (exact) mass is 736 g/mol. The van der Waals surface area contributed by atoms with E-state index >= 15 is 0 Å². The van der Waals surface area contributed by atoms with E-state index in [1.165, 1.54) is 92.8 Å². The second-order valence-electron chi connectivity index (χ2n) is 15.5. The molecule has 0 fully saturated rings. The highest BCUT2D eigenvalue weighted by Gasteiger charge is 2.21. The van der Waals surface area contributed by atoms with E-state index in [9.17, 15) is 0 Å². The van der Waals surface area contributed by atoms with Crippen molar-refractivity contribution < 1.29 is 4.42 Å². The first-order valence-corrected chi connectivity index (χ1v) is 20.1. The molecule has 1 nitrogen and oxygen atoms in total. The van der Waals surface area contributed by atoms with Crippen molar-refractivity contribution in [3.8, 4) is 33.4 Å². The number of para-hydroxylation sites is 1. The molecule has 0 unspecified atom stereocenters. The van der Waals surface area contributed by atoms with Gasteiger partial charge in [0.15, 0.2) is 0 Å². The summed E-state index contributed by atoms with van der Waals surface area (Å²) in [6.45, 7) is 0. The van der Waals surface area contributed by atoms with Crippen LogP contribution in [0.4, 0.5) is 0 Å². The molecule has 0 N–H and O–H groups in total. The second-order valence-corrected chi connectivity index (χ2v) is 15.5. The molecule has 58 heavy (non-hydrogen) atoms. The predicted molar refractivity (Wildman–Crippen MR) is 247 cm³/mol. The molecule has 0 spiro atoms. The van der Waals surface area contributed by atoms with Gasteiger partial charge < -0.3 is 4.42 Å². The van der Waals surface area contributed by atoms with Crippen LogP contribution in [0, 0.1) is 0 Å². The maximum absolute atomic E-state index is 6.74. The maximum atomic E-state index is 6.74. The maximum Gasteiger partial charge on any atom is 0.143 e. The Morgan fingerprint density at radius 2 is 0.828 bits per heavy atom. The fourth-order valence-electron chi connectivity index (χ4n) is 9.76. The lowest BCUT2D eigenvalue weighted by Gasteiger charge is -2.20. The molecule has 0 radical (unpaired) electrons. The molecule has 0 aliphatic rings. The van der Waals surface area contributed by atoms with Gasteiger partial charge in [0.2, 0.25) is 0 Å². The zero-order valence-electron chi connectivity index (χ0n) is 31.7. The fourth-order valence-corrected chi connectivity index (χ4v) is 9.76. The third-order valence-corrected chi connectivity index (χ3v) is 12.3. The average molecular weight is 737 g/mol. The second kappa shape index (κ2) is 13.0. The van der Waals surface area contributed by atoms with E-state index in [-0.39, 0.29) is 0 Å². The molecule has 0 bridgehead atoms. The fraction of sp³-hybridized carbons (Fsp3) is 0.0175. The normalized spacial score (nSPS) is 11.9. The van der Waals surface area contributed by atoms with Crippen LogP contribution in [0.2, 0.25) is 0 Å². The zero-order valence-corrected chi connectivity index (χ0v) is 31.7. The number of hydrogen-bond acceptors (Lipinski definition) is 1. The first-order valence-electron chi connectivity index (χ1n) is 20.1. The van der Waals surface area contributed by atoms with Gasteiger partial charge in [-0.3, -0.25) is 0 Å². The predicted octanol–water partition coefficient (Wildman–Crippen LogP) is 15.9. The van der Waals surface area contributed by atoms with Gasteiger partial charge in [0, 0.05) is 16.3 Å². The lowest BCUT2D eigenvalue weighted by molar-refractivity contribution is 0.670. The van der Waals surface area contributed by atoms with Crippen molar-refractivity contribution in [2.24, 2.45) is 0 Å². The van der Waals surface area contributed by atoms with Crippen molar-refractivity contribution in [1.82, 2.24) is 0 Å². The van der Waals surface area contributed by atoms with Crippen LogP contribution in [0.25, 0.3) is 109 Å². The van der Waals surface area contributed by atoms with E-state index in [1.54, 1.807) is 0 Å². The Labute approximate surface area is 336 Å². The van der Waals surface area contributed by atoms with E-state index in [4.69, 9.17) is 4.42 Å². The topological polar surface area (TPSA) is 13.1 Å². The lowest BCUT2D eigenvalue weighted by Crippen LogP contribution is -1.97. The summed E-state index contributed by atoms with van der Waals surface area (Å²) in [5.41, 5.74) is 11.8. The molecule has 1 aromatic heterocycles. The Morgan fingerprint density at radius 1 is 0.293 bits per heavy atom. The van der Waals surface area contributed by atoms with Crippen LogP contribution < -0.4 is 0 Å². The van der Waals surface area contributed by atoms with Gasteiger partial charge in [0.25, 0.3) is 0 Å². The summed E-state index contributed by atoms with van der Waals surface area (Å²) in [6.07, 6.45) is 0.830. The zero-order chi connectivity index (χ0) is 38.2. The Kier molecular flexibility index (Phi) is 7.36. The van der Waals surface area contributed by atoms with Gasteiger partial charge in [-0.05, 0) is 111 Å². The van der Waals surface area contributed by atoms with Crippen molar-refractivity contribution in [2.45, 2.75) is 6.42 Å². The molecule has 0 aliphatic carbocycles. The molecule has 0 saturated heterocycles. The standard InChI is InChI=1S/C57H36O/c1-4-19-41-36(15-1)18-13-28-46(41)51-29-14-30-52-53-35-39(31-32-54(53)58-57(51)52)55-47-24-9-11-26-49(47)56(50-27-12-10-25-48(50)55)44-22-6-3-17-38(44)34-40-33-37-16-2-5-20-42(37)45-23-8-7-21-43(40)45/h1-33,35H,34H2. The van der Waals surface area contributed by atoms with Gasteiger partial charge in [-0.15, -0.1) is 0 Å². The molecule has 270 valence electrons. The van der Waals surface area contributed by atoms with Crippen molar-refractivity contribution >= 4 is 75.8 Å². The number of furan rings is 1. The molecule has 0 amide bonds. The van der Waals surface area contributed by atoms with Gasteiger partial charge >= 0.3 is 0 Å². The van der Waals surface area contributed by atoms with E-state index in [0.717, 1.165) is 33.9 Å². The minimum Gasteiger partial charge on any atom is -0.455 e. The van der Waals surface area contributed by atoms with Crippen LogP contribution in [0.1, 0.15) is 11.1 Å². The smallest absolute Gasteiger partial charge is 0.143 e. The molecule has 11 aromatic carbocycles. The van der Waals surface area contributed by atoms with Gasteiger partial charge in [-0.2, -0.15) is 0 Å². The molecular weight excluding hydrogens is 701 g/mol. The van der Waals surface area contributed by atoms with Crippen molar-refractivity contribution in [2.75, 3.05) is 0 Å². The summed E-state index contributed by atoms with van der Waals surface area (Å²) in [6, 6.07) is 75.4. The number of fused-ring (bicyclic) bond motifs is 9. The highest BCUT2D eigenvalue weighted by Crippen LogP contribution is 2.47. The summed E-state index contributed by atoms with van der Waals surface area (Å²) in [5, 5.41) is 14.9. The third-order valence-electron chi connectivity index (χ3n) is 12.3. The van der Waals surface area contributed by atoms with E-state index in [0.29, 0.717) is 0 Å². The quantitative estimate of drug-likeness (QED) is 0.127. The molecular formula is C57H36O. The Bertz CT molecular complexity index is 3540. The molecule has 12 aromatic rings. The first kappa shape index (κ1) is 32.7. The third kappa shape index (κ3) is 5.03. The SMILES string of the molecule is c1ccc(-c2c3ccccc3c(-c3ccc4oc5c(-c6cccc7ccccc67)cccc5c4c3)c3ccccc23)c(Cc2cc3ccccc3c3ccccc23)c1. The number of benzene rings is 11. The Morgan fingerprint density at radius 3 is 1.60 bits per heavy atom.